The maximum atomic E-state index is 12.6. The largest absolute Gasteiger partial charge is 0.490 e. The van der Waals surface area contributed by atoms with Gasteiger partial charge in [0.05, 0.1) is 23.4 Å². The molecule has 0 atom stereocenters. The highest BCUT2D eigenvalue weighted by atomic mass is 35.5. The van der Waals surface area contributed by atoms with Gasteiger partial charge in [-0.25, -0.2) is 10.2 Å². The van der Waals surface area contributed by atoms with Gasteiger partial charge in [-0.05, 0) is 78.7 Å². The zero-order valence-electron chi connectivity index (χ0n) is 22.0. The lowest BCUT2D eigenvalue weighted by Gasteiger charge is -2.12. The molecule has 0 aliphatic rings. The van der Waals surface area contributed by atoms with Gasteiger partial charge < -0.3 is 18.9 Å². The Bertz CT molecular complexity index is 1510. The van der Waals surface area contributed by atoms with Crippen LogP contribution in [0.3, 0.4) is 0 Å². The summed E-state index contributed by atoms with van der Waals surface area (Å²) in [5, 5.41) is 4.54. The van der Waals surface area contributed by atoms with Crippen LogP contribution in [-0.4, -0.2) is 31.3 Å². The van der Waals surface area contributed by atoms with Crippen molar-refractivity contribution in [2.75, 3.05) is 13.2 Å². The van der Waals surface area contributed by atoms with Crippen molar-refractivity contribution in [2.45, 2.75) is 13.5 Å². The number of carbonyl (C=O) groups is 2. The molecule has 41 heavy (non-hydrogen) atoms. The zero-order chi connectivity index (χ0) is 29.0. The second-order valence-electron chi connectivity index (χ2n) is 8.48. The highest BCUT2D eigenvalue weighted by Gasteiger charge is 2.16. The Balaban J connectivity index is 1.27. The Morgan fingerprint density at radius 2 is 1.56 bits per heavy atom. The molecule has 0 spiro atoms. The summed E-state index contributed by atoms with van der Waals surface area (Å²) < 4.78 is 22.4. The summed E-state index contributed by atoms with van der Waals surface area (Å²) in [7, 11) is 0. The van der Waals surface area contributed by atoms with Gasteiger partial charge in [0.2, 0.25) is 0 Å². The quantitative estimate of drug-likeness (QED) is 0.0849. The number of hydrazone groups is 1. The van der Waals surface area contributed by atoms with Crippen LogP contribution in [-0.2, 0) is 11.4 Å². The molecule has 8 nitrogen and oxygen atoms in total. The van der Waals surface area contributed by atoms with E-state index >= 15 is 0 Å². The minimum absolute atomic E-state index is 0.168. The van der Waals surface area contributed by atoms with Crippen LogP contribution in [0.4, 0.5) is 0 Å². The highest BCUT2D eigenvalue weighted by Crippen LogP contribution is 2.30. The fraction of sp³-hybridized carbons (Fsp3) is 0.129. The Morgan fingerprint density at radius 3 is 2.27 bits per heavy atom. The van der Waals surface area contributed by atoms with E-state index in [1.54, 1.807) is 55.5 Å². The molecule has 1 amide bonds. The smallest absolute Gasteiger partial charge is 0.345 e. The van der Waals surface area contributed by atoms with Gasteiger partial charge in [-0.1, -0.05) is 53.5 Å². The minimum atomic E-state index is -0.657. The summed E-state index contributed by atoms with van der Waals surface area (Å²) in [4.78, 5) is 24.8. The Kier molecular flexibility index (Phi) is 10.6. The van der Waals surface area contributed by atoms with Gasteiger partial charge in [0, 0.05) is 5.02 Å². The molecule has 4 rings (SSSR count). The molecule has 0 aliphatic carbocycles. The van der Waals surface area contributed by atoms with Gasteiger partial charge in [-0.2, -0.15) is 5.10 Å². The summed E-state index contributed by atoms with van der Waals surface area (Å²) in [5.41, 5.74) is 4.25. The Hall–Kier alpha value is -4.53. The maximum absolute atomic E-state index is 12.6. The van der Waals surface area contributed by atoms with Crippen molar-refractivity contribution in [3.63, 3.8) is 0 Å². The van der Waals surface area contributed by atoms with E-state index in [9.17, 15) is 9.59 Å². The number of halogens is 2. The first-order valence-corrected chi connectivity index (χ1v) is 13.3. The van der Waals surface area contributed by atoms with Crippen LogP contribution in [0, 0.1) is 0 Å². The monoisotopic (exact) mass is 592 g/mol. The molecule has 0 radical (unpaired) electrons. The van der Waals surface area contributed by atoms with Crippen LogP contribution in [0.15, 0.2) is 96.1 Å². The SMILES string of the molecule is CCOc1cc(C=NNC(=O)COc2ccc(OCc3ccccc3)cc2)ccc1OC(=O)c1ccc(Cl)cc1Cl. The molecule has 0 aromatic heterocycles. The van der Waals surface area contributed by atoms with Crippen LogP contribution in [0.1, 0.15) is 28.4 Å². The van der Waals surface area contributed by atoms with Crippen LogP contribution >= 0.6 is 23.2 Å². The van der Waals surface area contributed by atoms with Crippen molar-refractivity contribution in [3.05, 3.63) is 118 Å². The van der Waals surface area contributed by atoms with Gasteiger partial charge in [0.25, 0.3) is 5.91 Å². The highest BCUT2D eigenvalue weighted by molar-refractivity contribution is 6.36. The topological polar surface area (TPSA) is 95.5 Å². The van der Waals surface area contributed by atoms with E-state index in [4.69, 9.17) is 42.1 Å². The number of hydrogen-bond donors (Lipinski definition) is 1. The molecular weight excluding hydrogens is 567 g/mol. The van der Waals surface area contributed by atoms with Crippen molar-refractivity contribution in [2.24, 2.45) is 5.10 Å². The van der Waals surface area contributed by atoms with E-state index in [-0.39, 0.29) is 22.9 Å². The lowest BCUT2D eigenvalue weighted by atomic mass is 10.2. The van der Waals surface area contributed by atoms with E-state index in [1.807, 2.05) is 30.3 Å². The summed E-state index contributed by atoms with van der Waals surface area (Å²) in [5.74, 6) is 0.630. The van der Waals surface area contributed by atoms with Crippen LogP contribution in [0.5, 0.6) is 23.0 Å². The summed E-state index contributed by atoms with van der Waals surface area (Å²) in [6.07, 6.45) is 1.43. The first kappa shape index (κ1) is 29.5. The first-order valence-electron chi connectivity index (χ1n) is 12.6. The van der Waals surface area contributed by atoms with E-state index in [0.717, 1.165) is 5.56 Å². The number of ether oxygens (including phenoxy) is 4. The fourth-order valence-corrected chi connectivity index (χ4v) is 3.99. The Morgan fingerprint density at radius 1 is 0.829 bits per heavy atom. The predicted octanol–water partition coefficient (Wildman–Crippen LogP) is 6.72. The zero-order valence-corrected chi connectivity index (χ0v) is 23.5. The lowest BCUT2D eigenvalue weighted by Crippen LogP contribution is -2.24. The molecule has 0 aliphatic heterocycles. The van der Waals surface area contributed by atoms with Gasteiger partial charge in [0.15, 0.2) is 18.1 Å². The maximum Gasteiger partial charge on any atom is 0.345 e. The van der Waals surface area contributed by atoms with Crippen LogP contribution in [0.25, 0.3) is 0 Å². The predicted molar refractivity (Wildman–Crippen MR) is 157 cm³/mol. The number of nitrogens with one attached hydrogen (secondary N) is 1. The second-order valence-corrected chi connectivity index (χ2v) is 9.32. The first-order chi connectivity index (χ1) is 19.9. The van der Waals surface area contributed by atoms with Gasteiger partial charge >= 0.3 is 5.97 Å². The third-order valence-electron chi connectivity index (χ3n) is 5.47. The number of esters is 1. The fourth-order valence-electron chi connectivity index (χ4n) is 3.50. The van der Waals surface area contributed by atoms with Crippen LogP contribution in [0.2, 0.25) is 10.0 Å². The number of hydrogen-bond acceptors (Lipinski definition) is 7. The van der Waals surface area contributed by atoms with Crippen molar-refractivity contribution < 1.29 is 28.5 Å². The van der Waals surface area contributed by atoms with Crippen LogP contribution < -0.4 is 24.4 Å². The molecule has 4 aromatic rings. The molecule has 210 valence electrons. The molecular formula is C31H26Cl2N2O6. The average molecular weight is 593 g/mol. The standard InChI is InChI=1S/C31H26Cl2N2O6/c1-2-38-29-16-22(8-15-28(29)41-31(37)26-14-9-23(32)17-27(26)33)18-34-35-30(36)20-40-25-12-10-24(11-13-25)39-19-21-6-4-3-5-7-21/h3-18H,2,19-20H2,1H3,(H,35,36). The summed E-state index contributed by atoms with van der Waals surface area (Å²) in [6.45, 7) is 2.36. The number of benzene rings is 4. The normalized spacial score (nSPS) is 10.7. The van der Waals surface area contributed by atoms with Crippen molar-refractivity contribution in [1.29, 1.82) is 0 Å². The molecule has 0 heterocycles. The molecule has 0 unspecified atom stereocenters. The number of amides is 1. The van der Waals surface area contributed by atoms with Gasteiger partial charge in [0.1, 0.15) is 18.1 Å². The molecule has 4 aromatic carbocycles. The van der Waals surface area contributed by atoms with Gasteiger partial charge in [-0.15, -0.1) is 0 Å². The number of carbonyl (C=O) groups excluding carboxylic acids is 2. The van der Waals surface area contributed by atoms with Crippen molar-refractivity contribution >= 4 is 41.3 Å². The van der Waals surface area contributed by atoms with E-state index in [2.05, 4.69) is 10.5 Å². The lowest BCUT2D eigenvalue weighted by molar-refractivity contribution is -0.123. The second kappa shape index (κ2) is 14.7. The number of rotatable bonds is 12. The molecule has 0 fully saturated rings. The van der Waals surface area contributed by atoms with Crippen molar-refractivity contribution in [3.8, 4) is 23.0 Å². The third kappa shape index (κ3) is 8.99. The molecule has 0 saturated heterocycles. The molecule has 10 heteroatoms. The van der Waals surface area contributed by atoms with E-state index in [1.165, 1.54) is 18.3 Å². The third-order valence-corrected chi connectivity index (χ3v) is 6.01. The minimum Gasteiger partial charge on any atom is -0.490 e. The van der Waals surface area contributed by atoms with Gasteiger partial charge in [-0.3, -0.25) is 4.79 Å². The van der Waals surface area contributed by atoms with E-state index in [0.29, 0.717) is 41.0 Å². The van der Waals surface area contributed by atoms with Crippen molar-refractivity contribution in [1.82, 2.24) is 5.43 Å². The molecule has 1 N–H and O–H groups in total. The van der Waals surface area contributed by atoms with E-state index < -0.39 is 11.9 Å². The molecule has 0 bridgehead atoms. The number of nitrogens with zero attached hydrogens (tertiary/aromatic N) is 1. The summed E-state index contributed by atoms with van der Waals surface area (Å²) >= 11 is 12.0. The Labute approximate surface area is 247 Å². The summed E-state index contributed by atoms with van der Waals surface area (Å²) in [6, 6.07) is 26.2. The molecule has 0 saturated carbocycles. The average Bonchev–Trinajstić information content (AvgIpc) is 2.97.